The van der Waals surface area contributed by atoms with Crippen molar-refractivity contribution < 1.29 is 52.7 Å². The molecule has 0 spiro atoms. The van der Waals surface area contributed by atoms with Crippen molar-refractivity contribution in [2.24, 2.45) is 0 Å². The lowest BCUT2D eigenvalue weighted by Gasteiger charge is -2.19. The Morgan fingerprint density at radius 3 is 1.10 bits per heavy atom. The molecule has 0 aliphatic rings. The molecule has 0 saturated carbocycles. The van der Waals surface area contributed by atoms with Gasteiger partial charge in [-0.3, -0.25) is 0 Å². The molecule has 3 heterocycles. The number of hydrogen-bond acceptors (Lipinski definition) is 4. The first-order chi connectivity index (χ1) is 23.2. The van der Waals surface area contributed by atoms with Gasteiger partial charge in [0, 0.05) is 22.8 Å². The minimum Gasteiger partial charge on any atom is -0.307 e. The summed E-state index contributed by atoms with van der Waals surface area (Å²) >= 11 is 0. The van der Waals surface area contributed by atoms with Crippen LogP contribution >= 0.6 is 0 Å². The Hall–Kier alpha value is -6.40. The Bertz CT molecular complexity index is 2360. The highest BCUT2D eigenvalue weighted by molar-refractivity contribution is 5.87. The van der Waals surface area contributed by atoms with Crippen LogP contribution in [0.1, 0.15) is 44.8 Å². The summed E-state index contributed by atoms with van der Waals surface area (Å²) < 4.78 is 171. The number of nitrogens with zero attached hydrogens (tertiary/aromatic N) is 6. The molecule has 0 unspecified atom stereocenters. The topological polar surface area (TPSA) is 104 Å². The van der Waals surface area contributed by atoms with Gasteiger partial charge in [0.2, 0.25) is 0 Å². The summed E-state index contributed by atoms with van der Waals surface area (Å²) in [6.45, 7) is 0. The number of nitriles is 4. The molecule has 0 amide bonds. The zero-order valence-electron chi connectivity index (χ0n) is 24.0. The van der Waals surface area contributed by atoms with Gasteiger partial charge in [0.25, 0.3) is 0 Å². The maximum absolute atomic E-state index is 15.1. The summed E-state index contributed by atoms with van der Waals surface area (Å²) in [5.41, 5.74) is -15.6. The Balaban J connectivity index is 2.18. The molecule has 0 aliphatic heterocycles. The highest BCUT2D eigenvalue weighted by atomic mass is 19.4. The monoisotopic (exact) mass is 706 g/mol. The van der Waals surface area contributed by atoms with Gasteiger partial charge in [-0.15, -0.1) is 0 Å². The third-order valence-corrected chi connectivity index (χ3v) is 7.40. The predicted octanol–water partition coefficient (Wildman–Crippen LogP) is 7.46. The minimum absolute atomic E-state index is 0.192. The van der Waals surface area contributed by atoms with Crippen LogP contribution in [-0.2, 0) is 24.7 Å². The molecule has 3 aromatic heterocycles. The van der Waals surface area contributed by atoms with Crippen LogP contribution in [0.5, 0.6) is 0 Å². The lowest BCUT2D eigenvalue weighted by atomic mass is 9.99. The second-order valence-corrected chi connectivity index (χ2v) is 10.3. The first-order valence-electron chi connectivity index (χ1n) is 13.3. The number of aromatic nitrogens is 2. The Morgan fingerprint density at radius 2 is 0.840 bits per heavy atom. The number of hydrogen-bond donors (Lipinski definition) is 0. The minimum atomic E-state index is -5.72. The molecule has 2 aromatic carbocycles. The molecule has 0 N–H and O–H groups in total. The zero-order valence-corrected chi connectivity index (χ0v) is 24.0. The van der Waals surface area contributed by atoms with Gasteiger partial charge >= 0.3 is 24.7 Å². The van der Waals surface area contributed by atoms with Crippen molar-refractivity contribution in [2.45, 2.75) is 24.7 Å². The van der Waals surface area contributed by atoms with E-state index in [9.17, 15) is 47.4 Å². The third-order valence-electron chi connectivity index (χ3n) is 7.40. The van der Waals surface area contributed by atoms with Crippen molar-refractivity contribution in [2.75, 3.05) is 0 Å². The Labute approximate surface area is 270 Å². The number of rotatable bonds is 2. The molecular formula is C32H10F12N6. The van der Waals surface area contributed by atoms with Crippen molar-refractivity contribution >= 4 is 22.2 Å². The lowest BCUT2D eigenvalue weighted by Crippen LogP contribution is -2.26. The van der Waals surface area contributed by atoms with E-state index in [2.05, 4.69) is 0 Å². The van der Waals surface area contributed by atoms with E-state index in [1.165, 1.54) is 24.3 Å². The average molecular weight is 706 g/mol. The van der Waals surface area contributed by atoms with Gasteiger partial charge in [0.05, 0.1) is 44.4 Å². The molecule has 18 heteroatoms. The van der Waals surface area contributed by atoms with E-state index in [4.69, 9.17) is 0 Å². The van der Waals surface area contributed by atoms with Crippen molar-refractivity contribution in [1.82, 2.24) is 8.80 Å². The van der Waals surface area contributed by atoms with Gasteiger partial charge in [0.15, 0.2) is 11.4 Å². The van der Waals surface area contributed by atoms with Gasteiger partial charge < -0.3 is 8.80 Å². The van der Waals surface area contributed by atoms with E-state index in [0.717, 1.165) is 24.3 Å². The predicted molar refractivity (Wildman–Crippen MR) is 146 cm³/mol. The molecule has 0 bridgehead atoms. The van der Waals surface area contributed by atoms with E-state index in [1.54, 1.807) is 0 Å². The van der Waals surface area contributed by atoms with Crippen molar-refractivity contribution in [3.8, 4) is 24.3 Å². The van der Waals surface area contributed by atoms with E-state index in [0.29, 0.717) is 24.3 Å². The van der Waals surface area contributed by atoms with E-state index >= 15 is 26.3 Å². The summed E-state index contributed by atoms with van der Waals surface area (Å²) in [6.07, 6.45) is -21.0. The summed E-state index contributed by atoms with van der Waals surface area (Å²) in [5.74, 6) is 0. The molecular weight excluding hydrogens is 696 g/mol. The molecule has 6 nitrogen and oxygen atoms in total. The Morgan fingerprint density at radius 1 is 0.500 bits per heavy atom. The molecule has 0 saturated heterocycles. The van der Waals surface area contributed by atoms with Crippen LogP contribution in [0, 0.1) is 45.3 Å². The van der Waals surface area contributed by atoms with Crippen LogP contribution < -0.4 is 10.4 Å². The largest absolute Gasteiger partial charge is 0.433 e. The van der Waals surface area contributed by atoms with Crippen molar-refractivity contribution in [3.63, 3.8) is 0 Å². The summed E-state index contributed by atoms with van der Waals surface area (Å²) in [6, 6.07) is 10.5. The van der Waals surface area contributed by atoms with Gasteiger partial charge in [-0.05, 0) is 35.4 Å². The van der Waals surface area contributed by atoms with Crippen molar-refractivity contribution in [3.05, 3.63) is 116 Å². The van der Waals surface area contributed by atoms with Crippen LogP contribution in [0.3, 0.4) is 0 Å². The standard InChI is InChI=1S/C32H10F12N6/c33-29(34,35)19-5-1-3-15(7-19)21(11-47)23-17(9-45)13-49-25(23)27(31(39,40)41)50-14-18(10-46)24(26(50)28(49)32(42,43)44)22(12-48)16-4-2-6-20(8-16)30(36,37)38/h1-8,13-14H/b23-21+,24-22+. The van der Waals surface area contributed by atoms with Crippen molar-refractivity contribution in [1.29, 1.82) is 21.0 Å². The van der Waals surface area contributed by atoms with E-state index < -0.39 is 102 Å². The fraction of sp³-hybridized carbons (Fsp3) is 0.125. The number of halogens is 12. The van der Waals surface area contributed by atoms with Crippen LogP contribution in [0.15, 0.2) is 60.9 Å². The fourth-order valence-corrected chi connectivity index (χ4v) is 5.51. The van der Waals surface area contributed by atoms with Gasteiger partial charge in [-0.2, -0.15) is 73.7 Å². The summed E-state index contributed by atoms with van der Waals surface area (Å²) in [5, 5.41) is 37.4. The molecule has 252 valence electrons. The van der Waals surface area contributed by atoms with E-state index in [-0.39, 0.29) is 21.2 Å². The van der Waals surface area contributed by atoms with Crippen LogP contribution in [0.2, 0.25) is 0 Å². The second-order valence-electron chi connectivity index (χ2n) is 10.3. The van der Waals surface area contributed by atoms with Gasteiger partial charge in [-0.25, -0.2) is 0 Å². The number of benzene rings is 2. The highest BCUT2D eigenvalue weighted by Gasteiger charge is 2.44. The van der Waals surface area contributed by atoms with E-state index in [1.807, 2.05) is 0 Å². The first-order valence-corrected chi connectivity index (χ1v) is 13.3. The maximum atomic E-state index is 15.1. The van der Waals surface area contributed by atoms with Crippen LogP contribution in [0.4, 0.5) is 52.7 Å². The second kappa shape index (κ2) is 11.6. The lowest BCUT2D eigenvalue weighted by molar-refractivity contribution is -0.145. The fourth-order valence-electron chi connectivity index (χ4n) is 5.51. The van der Waals surface area contributed by atoms with Crippen LogP contribution in [-0.4, -0.2) is 8.80 Å². The smallest absolute Gasteiger partial charge is 0.307 e. The Kier molecular flexibility index (Phi) is 8.13. The highest BCUT2D eigenvalue weighted by Crippen LogP contribution is 2.40. The summed E-state index contributed by atoms with van der Waals surface area (Å²) in [7, 11) is 0. The van der Waals surface area contributed by atoms with Crippen LogP contribution in [0.25, 0.3) is 22.2 Å². The molecule has 5 rings (SSSR count). The number of alkyl halides is 12. The molecule has 0 atom stereocenters. The molecule has 5 aromatic rings. The third kappa shape index (κ3) is 5.71. The van der Waals surface area contributed by atoms with Gasteiger partial charge in [-0.1, -0.05) is 24.3 Å². The number of fused-ring (bicyclic) bond motifs is 2. The first kappa shape index (κ1) is 34.9. The molecule has 0 fully saturated rings. The average Bonchev–Trinajstić information content (AvgIpc) is 3.57. The molecule has 0 aliphatic carbocycles. The molecule has 0 radical (unpaired) electrons. The van der Waals surface area contributed by atoms with Gasteiger partial charge in [0.1, 0.15) is 24.3 Å². The SMILES string of the molecule is N#C/C(c1cccc(C(F)(F)F)c1)=c1/c(C#N)cn2c(C(F)(F)F)c3/c(=C(\C#N)c4cccc(C(F)(F)F)c4)c(C#N)cn3c(C(F)(F)F)c12. The maximum Gasteiger partial charge on any atom is 0.433 e. The summed E-state index contributed by atoms with van der Waals surface area (Å²) in [4.78, 5) is 0. The molecule has 50 heavy (non-hydrogen) atoms. The quantitative estimate of drug-likeness (QED) is 0.178. The normalized spacial score (nSPS) is 13.8. The zero-order chi connectivity index (χ0) is 37.1.